The minimum atomic E-state index is -2.12. The first-order valence-electron chi connectivity index (χ1n) is 29.0. The molecule has 7 N–H and O–H groups in total. The summed E-state index contributed by atoms with van der Waals surface area (Å²) in [5.74, 6) is 10.0. The number of aliphatic hydroxyl groups is 5. The number of aliphatic hydroxyl groups excluding tert-OH is 4. The summed E-state index contributed by atoms with van der Waals surface area (Å²) in [6.45, 7) is 13.0. The molecule has 1 unspecified atom stereocenters. The maximum Gasteiger partial charge on any atom is 0.319 e. The molecule has 0 saturated carbocycles. The maximum atomic E-state index is 14.5. The smallest absolute Gasteiger partial charge is 0.319 e. The Kier molecular flexibility index (Phi) is 27.4. The minimum absolute atomic E-state index is 0.0163. The molecule has 4 fully saturated rings. The second-order valence-corrected chi connectivity index (χ2v) is 26.5. The quantitative estimate of drug-likeness (QED) is 0.0185. The Hall–Kier alpha value is -3.62. The number of thioether (sulfide) groups is 1. The average molecular weight is 1420 g/mol. The Morgan fingerprint density at radius 2 is 1.60 bits per heavy atom. The fourth-order valence-corrected chi connectivity index (χ4v) is 14.8. The molecule has 4 aliphatic heterocycles. The van der Waals surface area contributed by atoms with Gasteiger partial charge < -0.3 is 92.4 Å². The van der Waals surface area contributed by atoms with E-state index in [1.165, 1.54) is 62.2 Å². The molecule has 1 aromatic carbocycles. The summed E-state index contributed by atoms with van der Waals surface area (Å²) in [5.41, 5.74) is 1.40. The van der Waals surface area contributed by atoms with Crippen molar-refractivity contribution in [2.24, 2.45) is 0 Å². The molecule has 29 heteroatoms. The fourth-order valence-electron chi connectivity index (χ4n) is 11.1. The number of methoxy groups -OCH3 is 5. The van der Waals surface area contributed by atoms with Gasteiger partial charge in [0.15, 0.2) is 41.8 Å². The highest BCUT2D eigenvalue weighted by molar-refractivity contribution is 14.1. The van der Waals surface area contributed by atoms with E-state index in [1.54, 1.807) is 54.7 Å². The second-order valence-electron chi connectivity index (χ2n) is 21.6. The SMILES string of the molecule is CCN[C@H]1CO[C@@H](O[C@H]2[C@H](O[C@H]3C#C/C=C\C#C[C@]4(O)CC(=O)C(CC(=O)OC)=C3/C4=C\CSSC(C)C(=O)OCC)O[C@H](C)[C@@H](NO[C@H]3C[C@H](O)[C@H](SC(=O)c4c(C)c(I)c(O[C@@H]5O[C@@H](C)[C@H](O)[C@@H](OC)[C@H]5O)c(OC)c4OC)[C@@H](C)O3)[C@@H]2O)C[C@@H]1OC. The Labute approximate surface area is 543 Å². The van der Waals surface area contributed by atoms with Crippen LogP contribution >= 0.6 is 55.9 Å². The number of benzene rings is 1. The number of halogens is 1. The third kappa shape index (κ3) is 17.2. The third-order valence-electron chi connectivity index (χ3n) is 15.7. The number of fused-ring (bicyclic) bond motifs is 2. The van der Waals surface area contributed by atoms with Crippen LogP contribution in [0.3, 0.4) is 0 Å². The molecule has 25 nitrogen and oxygen atoms in total. The van der Waals surface area contributed by atoms with Crippen molar-refractivity contribution in [3.8, 4) is 40.9 Å². The van der Waals surface area contributed by atoms with Crippen molar-refractivity contribution >= 4 is 78.8 Å². The van der Waals surface area contributed by atoms with E-state index in [1.807, 2.05) is 29.5 Å². The van der Waals surface area contributed by atoms with Crippen LogP contribution in [0.25, 0.3) is 0 Å². The number of hydrogen-bond donors (Lipinski definition) is 7. The Morgan fingerprint density at radius 3 is 2.26 bits per heavy atom. The lowest BCUT2D eigenvalue weighted by atomic mass is 9.72. The molecule has 4 saturated heterocycles. The number of likely N-dealkylation sites (N-methyl/N-ethyl adjacent to an activating group) is 1. The Bertz CT molecular complexity index is 2890. The van der Waals surface area contributed by atoms with Crippen molar-refractivity contribution in [3.63, 3.8) is 0 Å². The van der Waals surface area contributed by atoms with Gasteiger partial charge in [0.05, 0.1) is 104 Å². The molecule has 494 valence electrons. The number of allylic oxidation sites excluding steroid dienone is 2. The fraction of sp³-hybridized carbons (Fsp3) is 0.667. The number of esters is 2. The van der Waals surface area contributed by atoms with Crippen LogP contribution in [0.2, 0.25) is 0 Å². The normalized spacial score (nSPS) is 34.9. The zero-order chi connectivity index (χ0) is 65.0. The molecule has 2 bridgehead atoms. The number of hydrogen-bond acceptors (Lipinski definition) is 28. The molecular formula is C60H81IN2O23S3. The zero-order valence-electron chi connectivity index (χ0n) is 51.5. The highest BCUT2D eigenvalue weighted by atomic mass is 127. The number of hydroxylamine groups is 1. The summed E-state index contributed by atoms with van der Waals surface area (Å²) in [4.78, 5) is 60.5. The van der Waals surface area contributed by atoms with Crippen LogP contribution in [-0.4, -0.2) is 230 Å². The lowest BCUT2D eigenvalue weighted by Crippen LogP contribution is -2.65. The van der Waals surface area contributed by atoms with Crippen LogP contribution in [0.4, 0.5) is 0 Å². The van der Waals surface area contributed by atoms with E-state index in [-0.39, 0.29) is 83.5 Å². The molecule has 0 radical (unpaired) electrons. The summed E-state index contributed by atoms with van der Waals surface area (Å²) in [7, 11) is 9.32. The maximum absolute atomic E-state index is 14.5. The molecule has 0 amide bonds. The summed E-state index contributed by atoms with van der Waals surface area (Å²) < 4.78 is 78.0. The van der Waals surface area contributed by atoms with Crippen molar-refractivity contribution in [2.75, 3.05) is 61.1 Å². The monoisotopic (exact) mass is 1420 g/mol. The van der Waals surface area contributed by atoms with Gasteiger partial charge in [0, 0.05) is 49.5 Å². The first-order chi connectivity index (χ1) is 42.5. The van der Waals surface area contributed by atoms with Crippen molar-refractivity contribution in [1.29, 1.82) is 0 Å². The zero-order valence-corrected chi connectivity index (χ0v) is 56.2. The van der Waals surface area contributed by atoms with Crippen LogP contribution in [0.1, 0.15) is 83.1 Å². The van der Waals surface area contributed by atoms with Crippen LogP contribution in [-0.2, 0) is 66.6 Å². The number of Topliss-reactive ketones (excluding diaryl/α,β-unsaturated/α-hetero) is 1. The number of rotatable bonds is 25. The van der Waals surface area contributed by atoms with E-state index in [0.29, 0.717) is 15.7 Å². The third-order valence-corrected chi connectivity index (χ3v) is 21.0. The van der Waals surface area contributed by atoms with Gasteiger partial charge in [0.1, 0.15) is 41.9 Å². The van der Waals surface area contributed by atoms with Gasteiger partial charge in [-0.25, -0.2) is 0 Å². The summed E-state index contributed by atoms with van der Waals surface area (Å²) >= 11 is 2.81. The molecule has 20 atom stereocenters. The predicted octanol–water partition coefficient (Wildman–Crippen LogP) is 3.12. The molecule has 89 heavy (non-hydrogen) atoms. The number of carbonyl (C=O) groups excluding carboxylic acids is 4. The molecule has 7 rings (SSSR count). The molecule has 6 aliphatic rings. The van der Waals surface area contributed by atoms with E-state index in [4.69, 9.17) is 66.4 Å². The van der Waals surface area contributed by atoms with Crippen molar-refractivity contribution in [1.82, 2.24) is 10.8 Å². The number of ketones is 1. The van der Waals surface area contributed by atoms with E-state index in [9.17, 15) is 44.7 Å². The standard InChI is InChI=1S/C60H81IN2O23S3/c1-13-62-35-27-79-41(25-39(35)73-8)84-53-48(68)46(29(4)81-59(53)83-38-19-17-15-16-18-21-60(72)26-37(65)33(23-40(66)74-9)44(38)34(60)20-22-87-89-32(7)56(70)78-14-2)63-86-42-24-36(64)55(31(6)80-42)88-57(71)43-28(3)45(61)51(54(77-12)50(43)75-10)85-58-49(69)52(76-11)47(67)30(5)82-58/h15-16,20,29-32,35-36,38-39,41-42,46-49,52-53,55,58-59,62-64,67-69,72H,13-14,22-27H2,1-12H3/b16-15-,34-20+/t29-,30+,31-,32?,35+,36+,38+,39+,41+,42+,46-,47+,48+,49-,52-,53-,55-,58+,59+,60+/m1/s1. The molecule has 0 spiro atoms. The van der Waals surface area contributed by atoms with Crippen molar-refractivity contribution in [2.45, 2.75) is 195 Å². The molecule has 2 aliphatic carbocycles. The summed E-state index contributed by atoms with van der Waals surface area (Å²) in [6.07, 6.45) is -13.7. The minimum Gasteiger partial charge on any atom is -0.492 e. The molecule has 4 heterocycles. The lowest BCUT2D eigenvalue weighted by Gasteiger charge is -2.46. The van der Waals surface area contributed by atoms with Gasteiger partial charge in [0.2, 0.25) is 17.2 Å². The number of nitrogens with one attached hydrogen (secondary N) is 2. The van der Waals surface area contributed by atoms with Crippen LogP contribution in [0.15, 0.2) is 34.9 Å². The van der Waals surface area contributed by atoms with Gasteiger partial charge in [-0.05, 0) is 88.4 Å². The largest absolute Gasteiger partial charge is 0.492 e. The summed E-state index contributed by atoms with van der Waals surface area (Å²) in [5, 5.41) is 59.9. The molecule has 0 aromatic heterocycles. The van der Waals surface area contributed by atoms with Gasteiger partial charge in [-0.3, -0.25) is 24.0 Å². The topological polar surface area (TPSA) is 323 Å². The van der Waals surface area contributed by atoms with E-state index < -0.39 is 144 Å². The van der Waals surface area contributed by atoms with Gasteiger partial charge >= 0.3 is 11.9 Å². The van der Waals surface area contributed by atoms with E-state index in [2.05, 4.69) is 34.5 Å². The van der Waals surface area contributed by atoms with E-state index >= 15 is 0 Å². The molecule has 1 aromatic rings. The van der Waals surface area contributed by atoms with Crippen molar-refractivity contribution < 1.29 is 111 Å². The van der Waals surface area contributed by atoms with Crippen LogP contribution in [0, 0.1) is 34.2 Å². The first-order valence-corrected chi connectivity index (χ1v) is 33.4. The van der Waals surface area contributed by atoms with Gasteiger partial charge in [-0.15, -0.1) is 0 Å². The summed E-state index contributed by atoms with van der Waals surface area (Å²) in [6, 6.07) is -1.31. The lowest BCUT2D eigenvalue weighted by molar-refractivity contribution is -0.336. The highest BCUT2D eigenvalue weighted by Gasteiger charge is 2.52. The highest BCUT2D eigenvalue weighted by Crippen LogP contribution is 2.49. The van der Waals surface area contributed by atoms with Crippen molar-refractivity contribution in [3.05, 3.63) is 49.6 Å². The predicted molar refractivity (Wildman–Crippen MR) is 333 cm³/mol. The Morgan fingerprint density at radius 1 is 0.876 bits per heavy atom. The second kappa shape index (κ2) is 33.5. The van der Waals surface area contributed by atoms with Gasteiger partial charge in [-0.2, -0.15) is 5.48 Å². The van der Waals surface area contributed by atoms with Crippen LogP contribution < -0.4 is 25.0 Å². The van der Waals surface area contributed by atoms with Crippen LogP contribution in [0.5, 0.6) is 17.2 Å². The van der Waals surface area contributed by atoms with Gasteiger partial charge in [-0.1, -0.05) is 70.0 Å². The average Bonchev–Trinajstić information content (AvgIpc) is 1.01. The Balaban J connectivity index is 1.13. The van der Waals surface area contributed by atoms with E-state index in [0.717, 1.165) is 11.8 Å². The number of ether oxygens (including phenoxy) is 13. The first kappa shape index (κ1) is 72.8. The van der Waals surface area contributed by atoms with Gasteiger partial charge in [0.25, 0.3) is 0 Å². The number of carbonyl (C=O) groups is 4. The molecular weight excluding hydrogens is 1340 g/mol.